The molecule has 1 unspecified atom stereocenters. The number of hydrogen-bond donors (Lipinski definition) is 1. The van der Waals surface area contributed by atoms with Crippen LogP contribution < -0.4 is 14.8 Å². The topological polar surface area (TPSA) is 30.5 Å². The zero-order chi connectivity index (χ0) is 13.1. The minimum Gasteiger partial charge on any atom is -0.497 e. The molecule has 3 nitrogen and oxygen atoms in total. The number of methoxy groups -OCH3 is 2. The van der Waals surface area contributed by atoms with Crippen LogP contribution in [0, 0.1) is 0 Å². The van der Waals surface area contributed by atoms with Crippen LogP contribution in [0.15, 0.2) is 18.2 Å². The second-order valence-electron chi connectivity index (χ2n) is 3.82. The summed E-state index contributed by atoms with van der Waals surface area (Å²) in [5.41, 5.74) is -1.10. The van der Waals surface area contributed by atoms with Crippen molar-refractivity contribution in [1.82, 2.24) is 5.32 Å². The van der Waals surface area contributed by atoms with Crippen LogP contribution >= 0.6 is 0 Å². The lowest BCUT2D eigenvalue weighted by molar-refractivity contribution is 0.0416. The Balaban J connectivity index is 3.34. The highest BCUT2D eigenvalue weighted by Crippen LogP contribution is 2.36. The molecule has 0 radical (unpaired) electrons. The summed E-state index contributed by atoms with van der Waals surface area (Å²) in [7, 11) is 4.43. The van der Waals surface area contributed by atoms with E-state index < -0.39 is 12.0 Å². The molecule has 0 amide bonds. The lowest BCUT2D eigenvalue weighted by atomic mass is 9.91. The lowest BCUT2D eigenvalue weighted by Crippen LogP contribution is -2.43. The molecule has 0 saturated carbocycles. The molecule has 0 aromatic heterocycles. The van der Waals surface area contributed by atoms with Crippen LogP contribution in [-0.4, -0.2) is 27.7 Å². The molecule has 96 valence electrons. The molecule has 0 bridgehead atoms. The fraction of sp³-hybridized carbons (Fsp3) is 0.500. The molecule has 0 heterocycles. The largest absolute Gasteiger partial charge is 0.497 e. The minimum absolute atomic E-state index is 0.372. The standard InChI is InChI=1S/C12H17F2NO2/c1-12(15-2,11(13)14)9-7-8(16-3)5-6-10(9)17-4/h5-7,11,15H,1-4H3. The summed E-state index contributed by atoms with van der Waals surface area (Å²) in [5.74, 6) is 0.922. The fourth-order valence-electron chi connectivity index (χ4n) is 1.58. The maximum absolute atomic E-state index is 13.2. The summed E-state index contributed by atoms with van der Waals surface area (Å²) >= 11 is 0. The van der Waals surface area contributed by atoms with Gasteiger partial charge in [-0.25, -0.2) is 8.78 Å². The summed E-state index contributed by atoms with van der Waals surface area (Å²) in [6.07, 6.45) is -2.56. The van der Waals surface area contributed by atoms with E-state index in [1.54, 1.807) is 18.2 Å². The van der Waals surface area contributed by atoms with Gasteiger partial charge in [-0.2, -0.15) is 0 Å². The van der Waals surface area contributed by atoms with Crippen molar-refractivity contribution in [1.29, 1.82) is 0 Å². The number of benzene rings is 1. The van der Waals surface area contributed by atoms with Gasteiger partial charge in [0.1, 0.15) is 17.0 Å². The number of ether oxygens (including phenoxy) is 2. The van der Waals surface area contributed by atoms with Crippen LogP contribution in [-0.2, 0) is 5.54 Å². The van der Waals surface area contributed by atoms with Crippen molar-refractivity contribution < 1.29 is 18.3 Å². The predicted molar refractivity (Wildman–Crippen MR) is 62.0 cm³/mol. The monoisotopic (exact) mass is 245 g/mol. The van der Waals surface area contributed by atoms with Crippen LogP contribution in [0.2, 0.25) is 0 Å². The molecular weight excluding hydrogens is 228 g/mol. The highest BCUT2D eigenvalue weighted by molar-refractivity contribution is 5.44. The van der Waals surface area contributed by atoms with Gasteiger partial charge >= 0.3 is 0 Å². The number of halogens is 2. The summed E-state index contributed by atoms with van der Waals surface area (Å²) in [4.78, 5) is 0. The SMILES string of the molecule is CNC(C)(c1cc(OC)ccc1OC)C(F)F. The van der Waals surface area contributed by atoms with Crippen molar-refractivity contribution in [2.24, 2.45) is 0 Å². The molecule has 0 aliphatic carbocycles. The summed E-state index contributed by atoms with van der Waals surface area (Å²) in [6, 6.07) is 4.84. The average molecular weight is 245 g/mol. The van der Waals surface area contributed by atoms with E-state index in [0.717, 1.165) is 0 Å². The van der Waals surface area contributed by atoms with Gasteiger partial charge in [0.25, 0.3) is 6.43 Å². The second kappa shape index (κ2) is 5.31. The van der Waals surface area contributed by atoms with Gasteiger partial charge in [-0.3, -0.25) is 0 Å². The first-order chi connectivity index (χ1) is 7.99. The highest BCUT2D eigenvalue weighted by Gasteiger charge is 2.38. The Bertz CT molecular complexity index is 385. The number of hydrogen-bond acceptors (Lipinski definition) is 3. The Morgan fingerprint density at radius 3 is 2.29 bits per heavy atom. The first-order valence-corrected chi connectivity index (χ1v) is 5.19. The Morgan fingerprint density at radius 2 is 1.88 bits per heavy atom. The van der Waals surface area contributed by atoms with E-state index in [9.17, 15) is 8.78 Å². The van der Waals surface area contributed by atoms with Crippen molar-refractivity contribution in [2.45, 2.75) is 18.9 Å². The van der Waals surface area contributed by atoms with Crippen molar-refractivity contribution in [3.63, 3.8) is 0 Å². The van der Waals surface area contributed by atoms with Gasteiger partial charge in [0.05, 0.1) is 14.2 Å². The van der Waals surface area contributed by atoms with E-state index in [2.05, 4.69) is 5.32 Å². The number of alkyl halides is 2. The van der Waals surface area contributed by atoms with E-state index in [-0.39, 0.29) is 0 Å². The van der Waals surface area contributed by atoms with E-state index in [1.165, 1.54) is 28.2 Å². The fourth-order valence-corrected chi connectivity index (χ4v) is 1.58. The molecule has 1 aromatic carbocycles. The average Bonchev–Trinajstić information content (AvgIpc) is 2.36. The van der Waals surface area contributed by atoms with Crippen molar-refractivity contribution in [3.8, 4) is 11.5 Å². The van der Waals surface area contributed by atoms with Gasteiger partial charge in [0, 0.05) is 5.56 Å². The first-order valence-electron chi connectivity index (χ1n) is 5.19. The van der Waals surface area contributed by atoms with Crippen molar-refractivity contribution in [3.05, 3.63) is 23.8 Å². The second-order valence-corrected chi connectivity index (χ2v) is 3.82. The molecule has 0 aliphatic rings. The molecule has 1 N–H and O–H groups in total. The summed E-state index contributed by atoms with van der Waals surface area (Å²) < 4.78 is 36.5. The first kappa shape index (κ1) is 13.7. The van der Waals surface area contributed by atoms with Crippen LogP contribution in [0.5, 0.6) is 11.5 Å². The third kappa shape index (κ3) is 2.49. The molecular formula is C12H17F2NO2. The third-order valence-electron chi connectivity index (χ3n) is 2.92. The van der Waals surface area contributed by atoms with Crippen LogP contribution in [0.1, 0.15) is 12.5 Å². The Hall–Kier alpha value is -1.36. The van der Waals surface area contributed by atoms with Crippen molar-refractivity contribution in [2.75, 3.05) is 21.3 Å². The molecule has 0 saturated heterocycles. The molecule has 0 fully saturated rings. The normalized spacial score (nSPS) is 14.5. The molecule has 5 heteroatoms. The Labute approximate surface area is 99.7 Å². The van der Waals surface area contributed by atoms with Gasteiger partial charge in [0.2, 0.25) is 0 Å². The molecule has 17 heavy (non-hydrogen) atoms. The zero-order valence-electron chi connectivity index (χ0n) is 10.4. The molecule has 0 spiro atoms. The van der Waals surface area contributed by atoms with E-state index in [4.69, 9.17) is 9.47 Å². The maximum atomic E-state index is 13.2. The summed E-state index contributed by atoms with van der Waals surface area (Å²) in [5, 5.41) is 2.63. The van der Waals surface area contributed by atoms with Gasteiger partial charge in [-0.05, 0) is 32.2 Å². The highest BCUT2D eigenvalue weighted by atomic mass is 19.3. The number of rotatable bonds is 5. The van der Waals surface area contributed by atoms with Gasteiger partial charge in [-0.1, -0.05) is 0 Å². The van der Waals surface area contributed by atoms with Gasteiger partial charge < -0.3 is 14.8 Å². The van der Waals surface area contributed by atoms with Crippen LogP contribution in [0.4, 0.5) is 8.78 Å². The zero-order valence-corrected chi connectivity index (χ0v) is 10.4. The molecule has 1 atom stereocenters. The Kier molecular flexibility index (Phi) is 4.28. The van der Waals surface area contributed by atoms with Crippen molar-refractivity contribution >= 4 is 0 Å². The maximum Gasteiger partial charge on any atom is 0.260 e. The predicted octanol–water partition coefficient (Wildman–Crippen LogP) is 2.40. The Morgan fingerprint density at radius 1 is 1.24 bits per heavy atom. The number of nitrogens with one attached hydrogen (secondary N) is 1. The van der Waals surface area contributed by atoms with E-state index >= 15 is 0 Å². The van der Waals surface area contributed by atoms with E-state index in [0.29, 0.717) is 17.1 Å². The molecule has 1 aromatic rings. The third-order valence-corrected chi connectivity index (χ3v) is 2.92. The quantitative estimate of drug-likeness (QED) is 0.864. The summed E-state index contributed by atoms with van der Waals surface area (Å²) in [6.45, 7) is 1.43. The minimum atomic E-state index is -2.56. The van der Waals surface area contributed by atoms with Gasteiger partial charge in [0.15, 0.2) is 0 Å². The van der Waals surface area contributed by atoms with E-state index in [1.807, 2.05) is 0 Å². The van der Waals surface area contributed by atoms with Crippen LogP contribution in [0.3, 0.4) is 0 Å². The smallest absolute Gasteiger partial charge is 0.260 e. The molecule has 0 aliphatic heterocycles. The lowest BCUT2D eigenvalue weighted by Gasteiger charge is -2.30. The van der Waals surface area contributed by atoms with Crippen LogP contribution in [0.25, 0.3) is 0 Å². The molecule has 1 rings (SSSR count). The van der Waals surface area contributed by atoms with Gasteiger partial charge in [-0.15, -0.1) is 0 Å².